The minimum atomic E-state index is 0.214. The normalized spacial score (nSPS) is 13.6. The van der Waals surface area contributed by atoms with Crippen molar-refractivity contribution in [2.45, 2.75) is 40.5 Å². The van der Waals surface area contributed by atoms with Gasteiger partial charge in [0.2, 0.25) is 5.91 Å². The van der Waals surface area contributed by atoms with E-state index in [1.165, 1.54) is 0 Å². The molecule has 0 aromatic heterocycles. The van der Waals surface area contributed by atoms with Crippen molar-refractivity contribution in [2.75, 3.05) is 27.2 Å². The Morgan fingerprint density at radius 2 is 1.88 bits per heavy atom. The van der Waals surface area contributed by atoms with Gasteiger partial charge in [0.1, 0.15) is 0 Å². The van der Waals surface area contributed by atoms with Gasteiger partial charge in [-0.3, -0.25) is 4.79 Å². The Bertz CT molecular complexity index is 206. The third kappa shape index (κ3) is 6.83. The fourth-order valence-corrected chi connectivity index (χ4v) is 1.21. The Kier molecular flexibility index (Phi) is 6.65. The summed E-state index contributed by atoms with van der Waals surface area (Å²) in [4.78, 5) is 12.9. The summed E-state index contributed by atoms with van der Waals surface area (Å²) in [6.45, 7) is 11.0. The summed E-state index contributed by atoms with van der Waals surface area (Å²) in [5.74, 6) is 0.864. The summed E-state index contributed by atoms with van der Waals surface area (Å²) in [7, 11) is 3.61. The molecule has 96 valence electrons. The molecule has 1 atom stereocenters. The first-order valence-electron chi connectivity index (χ1n) is 6.16. The van der Waals surface area contributed by atoms with Crippen LogP contribution in [0.5, 0.6) is 0 Å². The lowest BCUT2D eigenvalue weighted by Gasteiger charge is -2.27. The van der Waals surface area contributed by atoms with Crippen LogP contribution in [0.15, 0.2) is 0 Å². The van der Waals surface area contributed by atoms with E-state index in [2.05, 4.69) is 33.0 Å². The molecule has 0 aliphatic rings. The minimum Gasteiger partial charge on any atom is -0.349 e. The molecule has 0 aliphatic heterocycles. The first-order chi connectivity index (χ1) is 7.25. The van der Waals surface area contributed by atoms with Crippen LogP contribution < -0.4 is 5.32 Å². The highest BCUT2D eigenvalue weighted by Gasteiger charge is 2.18. The number of hydrogen-bond acceptors (Lipinski definition) is 2. The summed E-state index contributed by atoms with van der Waals surface area (Å²) < 4.78 is 0. The zero-order chi connectivity index (χ0) is 12.8. The lowest BCUT2D eigenvalue weighted by atomic mass is 9.82. The van der Waals surface area contributed by atoms with E-state index in [0.717, 1.165) is 19.5 Å². The second-order valence-electron chi connectivity index (χ2n) is 5.86. The average Bonchev–Trinajstić information content (AvgIpc) is 2.14. The van der Waals surface area contributed by atoms with Crippen LogP contribution in [0, 0.1) is 11.3 Å². The molecule has 3 heteroatoms. The highest BCUT2D eigenvalue weighted by molar-refractivity contribution is 5.75. The number of carbonyl (C=O) groups is 1. The topological polar surface area (TPSA) is 32.3 Å². The second-order valence-corrected chi connectivity index (χ2v) is 5.86. The van der Waals surface area contributed by atoms with Crippen LogP contribution in [0.25, 0.3) is 0 Å². The number of hydrogen-bond donors (Lipinski definition) is 1. The molecule has 0 radical (unpaired) electrons. The Morgan fingerprint density at radius 1 is 1.31 bits per heavy atom. The van der Waals surface area contributed by atoms with Crippen molar-refractivity contribution in [3.8, 4) is 0 Å². The van der Waals surface area contributed by atoms with Crippen molar-refractivity contribution in [3.63, 3.8) is 0 Å². The van der Waals surface area contributed by atoms with Gasteiger partial charge in [0.15, 0.2) is 0 Å². The average molecular weight is 228 g/mol. The van der Waals surface area contributed by atoms with Gasteiger partial charge in [-0.25, -0.2) is 0 Å². The number of nitrogens with one attached hydrogen (secondary N) is 1. The van der Waals surface area contributed by atoms with Crippen molar-refractivity contribution < 1.29 is 4.79 Å². The molecule has 1 unspecified atom stereocenters. The number of carbonyl (C=O) groups excluding carboxylic acids is 1. The van der Waals surface area contributed by atoms with Crippen LogP contribution in [0.2, 0.25) is 0 Å². The van der Waals surface area contributed by atoms with Crippen molar-refractivity contribution in [1.29, 1.82) is 0 Å². The molecule has 0 fully saturated rings. The van der Waals surface area contributed by atoms with Gasteiger partial charge >= 0.3 is 0 Å². The Hall–Kier alpha value is -0.570. The SMILES string of the molecule is CC(CNCCCC(=O)N(C)C)C(C)(C)C. The molecule has 1 amide bonds. The van der Waals surface area contributed by atoms with E-state index < -0.39 is 0 Å². The van der Waals surface area contributed by atoms with Gasteiger partial charge in [0.25, 0.3) is 0 Å². The van der Waals surface area contributed by atoms with E-state index >= 15 is 0 Å². The Balaban J connectivity index is 3.51. The standard InChI is InChI=1S/C13H28N2O/c1-11(13(2,3)4)10-14-9-7-8-12(16)15(5)6/h11,14H,7-10H2,1-6H3. The molecule has 1 N–H and O–H groups in total. The van der Waals surface area contributed by atoms with Gasteiger partial charge in [-0.1, -0.05) is 27.7 Å². The molecular formula is C13H28N2O. The molecule has 0 saturated heterocycles. The third-order valence-corrected chi connectivity index (χ3v) is 3.17. The van der Waals surface area contributed by atoms with E-state index in [0.29, 0.717) is 17.8 Å². The Labute approximate surface area is 101 Å². The molecule has 0 aromatic carbocycles. The summed E-state index contributed by atoms with van der Waals surface area (Å²) in [6.07, 6.45) is 1.57. The maximum absolute atomic E-state index is 11.3. The van der Waals surface area contributed by atoms with Crippen molar-refractivity contribution in [1.82, 2.24) is 10.2 Å². The zero-order valence-electron chi connectivity index (χ0n) is 11.8. The highest BCUT2D eigenvalue weighted by atomic mass is 16.2. The minimum absolute atomic E-state index is 0.214. The predicted molar refractivity (Wildman–Crippen MR) is 69.4 cm³/mol. The summed E-state index contributed by atoms with van der Waals surface area (Å²) in [6, 6.07) is 0. The van der Waals surface area contributed by atoms with Gasteiger partial charge in [-0.05, 0) is 30.8 Å². The van der Waals surface area contributed by atoms with Crippen LogP contribution in [0.4, 0.5) is 0 Å². The maximum Gasteiger partial charge on any atom is 0.222 e. The first kappa shape index (κ1) is 15.4. The van der Waals surface area contributed by atoms with E-state index in [9.17, 15) is 4.79 Å². The predicted octanol–water partition coefficient (Wildman–Crippen LogP) is 2.13. The van der Waals surface area contributed by atoms with Crippen molar-refractivity contribution in [2.24, 2.45) is 11.3 Å². The van der Waals surface area contributed by atoms with Gasteiger partial charge < -0.3 is 10.2 Å². The fourth-order valence-electron chi connectivity index (χ4n) is 1.21. The molecule has 0 heterocycles. The molecule has 0 spiro atoms. The monoisotopic (exact) mass is 228 g/mol. The quantitative estimate of drug-likeness (QED) is 0.706. The van der Waals surface area contributed by atoms with E-state index in [-0.39, 0.29) is 5.91 Å². The van der Waals surface area contributed by atoms with Gasteiger partial charge in [-0.2, -0.15) is 0 Å². The lowest BCUT2D eigenvalue weighted by Crippen LogP contribution is -2.31. The molecule has 0 rings (SSSR count). The fraction of sp³-hybridized carbons (Fsp3) is 0.923. The van der Waals surface area contributed by atoms with Crippen LogP contribution >= 0.6 is 0 Å². The van der Waals surface area contributed by atoms with E-state index in [1.807, 2.05) is 0 Å². The van der Waals surface area contributed by atoms with E-state index in [1.54, 1.807) is 19.0 Å². The smallest absolute Gasteiger partial charge is 0.222 e. The third-order valence-electron chi connectivity index (χ3n) is 3.17. The van der Waals surface area contributed by atoms with Crippen LogP contribution in [-0.2, 0) is 4.79 Å². The molecular weight excluding hydrogens is 200 g/mol. The molecule has 0 aromatic rings. The summed E-state index contributed by atoms with van der Waals surface area (Å²) in [5.41, 5.74) is 0.354. The van der Waals surface area contributed by atoms with Crippen molar-refractivity contribution in [3.05, 3.63) is 0 Å². The maximum atomic E-state index is 11.3. The molecule has 0 saturated carbocycles. The summed E-state index contributed by atoms with van der Waals surface area (Å²) >= 11 is 0. The largest absolute Gasteiger partial charge is 0.349 e. The second kappa shape index (κ2) is 6.89. The number of amides is 1. The first-order valence-corrected chi connectivity index (χ1v) is 6.16. The molecule has 3 nitrogen and oxygen atoms in total. The summed E-state index contributed by atoms with van der Waals surface area (Å²) in [5, 5.41) is 3.42. The zero-order valence-corrected chi connectivity index (χ0v) is 11.8. The van der Waals surface area contributed by atoms with Crippen LogP contribution in [0.3, 0.4) is 0 Å². The van der Waals surface area contributed by atoms with Gasteiger partial charge in [-0.15, -0.1) is 0 Å². The van der Waals surface area contributed by atoms with Crippen LogP contribution in [0.1, 0.15) is 40.5 Å². The number of nitrogens with zero attached hydrogens (tertiary/aromatic N) is 1. The highest BCUT2D eigenvalue weighted by Crippen LogP contribution is 2.24. The Morgan fingerprint density at radius 3 is 2.31 bits per heavy atom. The molecule has 16 heavy (non-hydrogen) atoms. The van der Waals surface area contributed by atoms with Crippen molar-refractivity contribution >= 4 is 5.91 Å². The van der Waals surface area contributed by atoms with Crippen LogP contribution in [-0.4, -0.2) is 38.0 Å². The lowest BCUT2D eigenvalue weighted by molar-refractivity contribution is -0.128. The molecule has 0 bridgehead atoms. The number of rotatable bonds is 6. The van der Waals surface area contributed by atoms with Gasteiger partial charge in [0.05, 0.1) is 0 Å². The van der Waals surface area contributed by atoms with Gasteiger partial charge in [0, 0.05) is 20.5 Å². The molecule has 0 aliphatic carbocycles. The van der Waals surface area contributed by atoms with E-state index in [4.69, 9.17) is 0 Å².